The Morgan fingerprint density at radius 3 is 1.62 bits per heavy atom. The molecule has 4 aromatic rings. The van der Waals surface area contributed by atoms with E-state index >= 15 is 0 Å². The van der Waals surface area contributed by atoms with Crippen molar-refractivity contribution in [1.29, 1.82) is 0 Å². The van der Waals surface area contributed by atoms with Crippen LogP contribution in [0.1, 0.15) is 40.9 Å². The predicted molar refractivity (Wildman–Crippen MR) is 160 cm³/mol. The number of benzene rings is 4. The zero-order valence-electron chi connectivity index (χ0n) is 23.3. The summed E-state index contributed by atoms with van der Waals surface area (Å²) in [5, 5.41) is 11.3. The molecule has 4 aromatic carbocycles. The second-order valence-electron chi connectivity index (χ2n) is 9.93. The monoisotopic (exact) mass is 586 g/mol. The molecule has 0 saturated heterocycles. The van der Waals surface area contributed by atoms with Gasteiger partial charge >= 0.3 is 11.9 Å². The number of carbonyl (C=O) groups excluding carboxylic acids is 2. The Morgan fingerprint density at radius 2 is 1.10 bits per heavy atom. The topological polar surface area (TPSA) is 99.1 Å². The Hall–Kier alpha value is -4.03. The molecule has 0 fully saturated rings. The van der Waals surface area contributed by atoms with E-state index in [1.54, 1.807) is 30.3 Å². The van der Waals surface area contributed by atoms with Gasteiger partial charge in [0.05, 0.1) is 12.5 Å². The first-order chi connectivity index (χ1) is 20.4. The van der Waals surface area contributed by atoms with Crippen LogP contribution >= 0.6 is 7.37 Å². The van der Waals surface area contributed by atoms with Gasteiger partial charge in [-0.2, -0.15) is 0 Å². The average molecular weight is 587 g/mol. The third-order valence-corrected chi connectivity index (χ3v) is 9.29. The molecule has 0 bridgehead atoms. The molecule has 0 aromatic heterocycles. The van der Waals surface area contributed by atoms with Gasteiger partial charge in [0.2, 0.25) is 7.37 Å². The maximum atomic E-state index is 14.4. The van der Waals surface area contributed by atoms with Gasteiger partial charge in [0.1, 0.15) is 13.2 Å². The van der Waals surface area contributed by atoms with Gasteiger partial charge in [0.15, 0.2) is 5.85 Å². The highest BCUT2D eigenvalue weighted by Gasteiger charge is 2.39. The number of carbonyl (C=O) groups is 2. The van der Waals surface area contributed by atoms with Crippen LogP contribution in [-0.4, -0.2) is 23.2 Å². The second kappa shape index (κ2) is 15.8. The van der Waals surface area contributed by atoms with Crippen molar-refractivity contribution in [3.63, 3.8) is 0 Å². The maximum Gasteiger partial charge on any atom is 0.309 e. The van der Waals surface area contributed by atoms with Gasteiger partial charge in [-0.05, 0) is 28.7 Å². The van der Waals surface area contributed by atoms with Crippen LogP contribution in [-0.2, 0) is 48.0 Å². The SMILES string of the molecule is O=C(CCC(CP(=O)(OCc1ccccc1)C(O)c1ccccc1)C(=O)OCc1ccccc1)OCc1ccccc1. The number of hydrogen-bond donors (Lipinski definition) is 1. The minimum atomic E-state index is -3.92. The third-order valence-electron chi connectivity index (χ3n) is 6.73. The number of esters is 2. The van der Waals surface area contributed by atoms with E-state index in [1.165, 1.54) is 0 Å². The fraction of sp³-hybridized carbons (Fsp3) is 0.235. The summed E-state index contributed by atoms with van der Waals surface area (Å²) in [6.45, 7) is 0.103. The number of aliphatic hydroxyl groups excluding tert-OH is 1. The molecule has 42 heavy (non-hydrogen) atoms. The summed E-state index contributed by atoms with van der Waals surface area (Å²) in [6, 6.07) is 36.2. The Kier molecular flexibility index (Phi) is 11.7. The Balaban J connectivity index is 1.51. The fourth-order valence-electron chi connectivity index (χ4n) is 4.37. The molecule has 0 aliphatic carbocycles. The van der Waals surface area contributed by atoms with Crippen molar-refractivity contribution < 1.29 is 33.3 Å². The Morgan fingerprint density at radius 1 is 0.643 bits per heavy atom. The smallest absolute Gasteiger partial charge is 0.309 e. The summed E-state index contributed by atoms with van der Waals surface area (Å²) in [6.07, 6.45) is -0.394. The first-order valence-corrected chi connectivity index (χ1v) is 15.7. The zero-order valence-corrected chi connectivity index (χ0v) is 24.2. The lowest BCUT2D eigenvalue weighted by atomic mass is 10.1. The summed E-state index contributed by atoms with van der Waals surface area (Å²) in [5.74, 6) is -3.59. The highest BCUT2D eigenvalue weighted by Crippen LogP contribution is 2.60. The fourth-order valence-corrected chi connectivity index (χ4v) is 6.76. The van der Waals surface area contributed by atoms with E-state index in [1.807, 2.05) is 91.0 Å². The number of rotatable bonds is 15. The summed E-state index contributed by atoms with van der Waals surface area (Å²) < 4.78 is 31.4. The minimum Gasteiger partial charge on any atom is -0.461 e. The molecule has 8 heteroatoms. The lowest BCUT2D eigenvalue weighted by molar-refractivity contribution is -0.150. The number of hydrogen-bond acceptors (Lipinski definition) is 7. The van der Waals surface area contributed by atoms with E-state index in [2.05, 4.69) is 0 Å². The molecule has 0 saturated carbocycles. The van der Waals surface area contributed by atoms with Gasteiger partial charge < -0.3 is 19.1 Å². The van der Waals surface area contributed by atoms with Gasteiger partial charge in [-0.1, -0.05) is 121 Å². The molecular weight excluding hydrogens is 551 g/mol. The van der Waals surface area contributed by atoms with Crippen molar-refractivity contribution in [2.45, 2.75) is 38.5 Å². The minimum absolute atomic E-state index is 0.0153. The zero-order chi connectivity index (χ0) is 29.6. The molecule has 0 heterocycles. The predicted octanol–water partition coefficient (Wildman–Crippen LogP) is 7.06. The van der Waals surface area contributed by atoms with Crippen LogP contribution in [0, 0.1) is 5.92 Å². The highest BCUT2D eigenvalue weighted by atomic mass is 31.2. The van der Waals surface area contributed by atoms with Crippen molar-refractivity contribution in [3.8, 4) is 0 Å². The lowest BCUT2D eigenvalue weighted by Crippen LogP contribution is -2.24. The first kappa shape index (κ1) is 30.9. The summed E-state index contributed by atoms with van der Waals surface area (Å²) in [4.78, 5) is 26.0. The Labute approximate surface area is 246 Å². The number of aliphatic hydroxyl groups is 1. The van der Waals surface area contributed by atoms with Crippen molar-refractivity contribution in [2.24, 2.45) is 5.92 Å². The van der Waals surface area contributed by atoms with Gasteiger partial charge in [-0.25, -0.2) is 0 Å². The van der Waals surface area contributed by atoms with Crippen LogP contribution in [0.15, 0.2) is 121 Å². The van der Waals surface area contributed by atoms with Crippen molar-refractivity contribution in [1.82, 2.24) is 0 Å². The molecule has 3 atom stereocenters. The molecule has 3 unspecified atom stereocenters. The van der Waals surface area contributed by atoms with Crippen LogP contribution in [0.4, 0.5) is 0 Å². The molecule has 1 N–H and O–H groups in total. The summed E-state index contributed by atoms with van der Waals surface area (Å²) in [5.41, 5.74) is 2.81. The van der Waals surface area contributed by atoms with Gasteiger partial charge in [-0.3, -0.25) is 14.2 Å². The molecule has 0 spiro atoms. The second-order valence-corrected chi connectivity index (χ2v) is 12.5. The average Bonchev–Trinajstić information content (AvgIpc) is 3.05. The van der Waals surface area contributed by atoms with Gasteiger partial charge in [-0.15, -0.1) is 0 Å². The van der Waals surface area contributed by atoms with Crippen molar-refractivity contribution in [3.05, 3.63) is 144 Å². The Bertz CT molecular complexity index is 1430. The first-order valence-electron chi connectivity index (χ1n) is 13.8. The summed E-state index contributed by atoms with van der Waals surface area (Å²) >= 11 is 0. The third kappa shape index (κ3) is 9.52. The molecule has 218 valence electrons. The van der Waals surface area contributed by atoms with Crippen LogP contribution < -0.4 is 0 Å². The van der Waals surface area contributed by atoms with Crippen LogP contribution in [0.3, 0.4) is 0 Å². The van der Waals surface area contributed by atoms with E-state index in [0.717, 1.165) is 16.7 Å². The molecular formula is C34H35O7P. The van der Waals surface area contributed by atoms with Crippen LogP contribution in [0.5, 0.6) is 0 Å². The van der Waals surface area contributed by atoms with E-state index in [4.69, 9.17) is 14.0 Å². The van der Waals surface area contributed by atoms with Crippen molar-refractivity contribution >= 4 is 19.3 Å². The largest absolute Gasteiger partial charge is 0.461 e. The highest BCUT2D eigenvalue weighted by molar-refractivity contribution is 7.59. The summed E-state index contributed by atoms with van der Waals surface area (Å²) in [7, 11) is -3.92. The lowest BCUT2D eigenvalue weighted by Gasteiger charge is -2.27. The molecule has 7 nitrogen and oxygen atoms in total. The molecule has 0 radical (unpaired) electrons. The number of ether oxygens (including phenoxy) is 2. The molecule has 4 rings (SSSR count). The van der Waals surface area contributed by atoms with Crippen molar-refractivity contribution in [2.75, 3.05) is 6.16 Å². The van der Waals surface area contributed by atoms with E-state index in [0.29, 0.717) is 5.56 Å². The quantitative estimate of drug-likeness (QED) is 0.118. The molecule has 0 aliphatic heterocycles. The van der Waals surface area contributed by atoms with E-state index < -0.39 is 31.1 Å². The molecule has 0 aliphatic rings. The normalized spacial score (nSPS) is 13.8. The van der Waals surface area contributed by atoms with Crippen LogP contribution in [0.2, 0.25) is 0 Å². The van der Waals surface area contributed by atoms with Crippen LogP contribution in [0.25, 0.3) is 0 Å². The van der Waals surface area contributed by atoms with E-state index in [9.17, 15) is 19.3 Å². The van der Waals surface area contributed by atoms with Gasteiger partial charge in [0.25, 0.3) is 0 Å². The van der Waals surface area contributed by atoms with E-state index in [-0.39, 0.29) is 38.8 Å². The molecule has 0 amide bonds. The maximum absolute atomic E-state index is 14.4. The standard InChI is InChI=1S/C34H35O7P/c35-32(39-23-27-13-5-1-6-14-27)22-21-31(33(36)40-24-28-15-7-2-8-16-28)26-42(38,34(37)30-19-11-4-12-20-30)41-25-29-17-9-3-10-18-29/h1-20,31,34,37H,21-26H2. The van der Waals surface area contributed by atoms with Gasteiger partial charge in [0, 0.05) is 12.6 Å².